The van der Waals surface area contributed by atoms with Gasteiger partial charge >= 0.3 is 0 Å². The molecule has 3 rings (SSSR count). The molecule has 1 aliphatic carbocycles. The summed E-state index contributed by atoms with van der Waals surface area (Å²) >= 11 is 0. The van der Waals surface area contributed by atoms with Crippen LogP contribution in [0.1, 0.15) is 87.0 Å². The standard InChI is InChI=1S/C22H27N3O2/c1-14(2)25-21(18(26)11-12-22(3,4)27)19(16-9-10-16)20(24-25)17-7-5-15(13-23)6-8-17/h5-8,14,16,27H,9-12H2,1-4H3. The minimum absolute atomic E-state index is 0.0418. The second kappa shape index (κ2) is 7.28. The fourth-order valence-electron chi connectivity index (χ4n) is 3.31. The molecule has 0 aliphatic heterocycles. The van der Waals surface area contributed by atoms with Gasteiger partial charge in [0.15, 0.2) is 5.78 Å². The molecule has 0 amide bonds. The lowest BCUT2D eigenvalue weighted by Gasteiger charge is -2.17. The first-order valence-electron chi connectivity index (χ1n) is 9.60. The Hall–Kier alpha value is -2.45. The first-order chi connectivity index (χ1) is 12.7. The topological polar surface area (TPSA) is 78.9 Å². The number of Topliss-reactive ketones (excluding diaryl/α,β-unsaturated/α-hetero) is 1. The van der Waals surface area contributed by atoms with Crippen molar-refractivity contribution in [3.8, 4) is 17.3 Å². The van der Waals surface area contributed by atoms with E-state index in [1.54, 1.807) is 26.0 Å². The highest BCUT2D eigenvalue weighted by Gasteiger charge is 2.36. The summed E-state index contributed by atoms with van der Waals surface area (Å²) in [5.74, 6) is 0.407. The number of nitrogens with zero attached hydrogens (tertiary/aromatic N) is 3. The van der Waals surface area contributed by atoms with Gasteiger partial charge in [0.2, 0.25) is 0 Å². The number of carbonyl (C=O) groups excluding carboxylic acids is 1. The minimum Gasteiger partial charge on any atom is -0.390 e. The number of aromatic nitrogens is 2. The molecule has 2 aromatic rings. The first-order valence-corrected chi connectivity index (χ1v) is 9.60. The molecule has 0 bridgehead atoms. The van der Waals surface area contributed by atoms with Crippen LogP contribution >= 0.6 is 0 Å². The van der Waals surface area contributed by atoms with Crippen molar-refractivity contribution in [2.75, 3.05) is 0 Å². The van der Waals surface area contributed by atoms with E-state index in [0.29, 0.717) is 30.0 Å². The lowest BCUT2D eigenvalue weighted by molar-refractivity contribution is 0.0629. The van der Waals surface area contributed by atoms with Gasteiger partial charge in [0.05, 0.1) is 22.9 Å². The van der Waals surface area contributed by atoms with Crippen molar-refractivity contribution in [2.45, 2.75) is 70.9 Å². The van der Waals surface area contributed by atoms with Gasteiger partial charge < -0.3 is 5.11 Å². The van der Waals surface area contributed by atoms with Crippen LogP contribution in [0.4, 0.5) is 0 Å². The molecule has 5 heteroatoms. The molecule has 0 unspecified atom stereocenters. The van der Waals surface area contributed by atoms with Crippen LogP contribution in [0, 0.1) is 11.3 Å². The number of carbonyl (C=O) groups is 1. The average Bonchev–Trinajstić information content (AvgIpc) is 3.38. The molecule has 1 saturated carbocycles. The highest BCUT2D eigenvalue weighted by molar-refractivity contribution is 5.98. The molecule has 1 fully saturated rings. The van der Waals surface area contributed by atoms with Gasteiger partial charge in [-0.3, -0.25) is 9.48 Å². The Kier molecular flexibility index (Phi) is 5.21. The van der Waals surface area contributed by atoms with Crippen molar-refractivity contribution in [1.29, 1.82) is 5.26 Å². The predicted octanol–water partition coefficient (Wildman–Crippen LogP) is 4.61. The third-order valence-electron chi connectivity index (χ3n) is 4.94. The summed E-state index contributed by atoms with van der Waals surface area (Å²) in [4.78, 5) is 13.1. The SMILES string of the molecule is CC(C)n1nc(-c2ccc(C#N)cc2)c(C2CC2)c1C(=O)CCC(C)(C)O. The number of rotatable bonds is 7. The van der Waals surface area contributed by atoms with Gasteiger partial charge in [-0.05, 0) is 65.0 Å². The number of nitriles is 1. The molecular weight excluding hydrogens is 338 g/mol. The molecule has 0 radical (unpaired) electrons. The zero-order valence-corrected chi connectivity index (χ0v) is 16.5. The third-order valence-corrected chi connectivity index (χ3v) is 4.94. The van der Waals surface area contributed by atoms with E-state index >= 15 is 0 Å². The summed E-state index contributed by atoms with van der Waals surface area (Å²) in [6.45, 7) is 7.51. The van der Waals surface area contributed by atoms with Crippen LogP contribution in [0.3, 0.4) is 0 Å². The van der Waals surface area contributed by atoms with Crippen LogP contribution in [0.5, 0.6) is 0 Å². The Morgan fingerprint density at radius 1 is 1.33 bits per heavy atom. The van der Waals surface area contributed by atoms with E-state index in [1.807, 2.05) is 30.7 Å². The normalized spacial score (nSPS) is 14.4. The van der Waals surface area contributed by atoms with Crippen LogP contribution in [0.25, 0.3) is 11.3 Å². The monoisotopic (exact) mass is 365 g/mol. The molecule has 27 heavy (non-hydrogen) atoms. The Balaban J connectivity index is 2.07. The lowest BCUT2D eigenvalue weighted by atomic mass is 9.95. The lowest BCUT2D eigenvalue weighted by Crippen LogP contribution is -2.21. The molecule has 0 saturated heterocycles. The number of hydrogen-bond donors (Lipinski definition) is 1. The average molecular weight is 365 g/mol. The van der Waals surface area contributed by atoms with Crippen LogP contribution < -0.4 is 0 Å². The van der Waals surface area contributed by atoms with Gasteiger partial charge in [-0.1, -0.05) is 12.1 Å². The summed E-state index contributed by atoms with van der Waals surface area (Å²) in [6, 6.07) is 9.59. The maximum atomic E-state index is 13.1. The zero-order chi connectivity index (χ0) is 19.8. The zero-order valence-electron chi connectivity index (χ0n) is 16.5. The Morgan fingerprint density at radius 3 is 2.44 bits per heavy atom. The van der Waals surface area contributed by atoms with Gasteiger partial charge in [0.25, 0.3) is 0 Å². The first kappa shape index (κ1) is 19.3. The molecule has 5 nitrogen and oxygen atoms in total. The molecular formula is C22H27N3O2. The van der Waals surface area contributed by atoms with Crippen molar-refractivity contribution in [1.82, 2.24) is 9.78 Å². The highest BCUT2D eigenvalue weighted by atomic mass is 16.3. The number of benzene rings is 1. The minimum atomic E-state index is -0.867. The van der Waals surface area contributed by atoms with E-state index in [4.69, 9.17) is 10.4 Å². The number of ketones is 1. The highest BCUT2D eigenvalue weighted by Crippen LogP contribution is 2.47. The molecule has 0 spiro atoms. The predicted molar refractivity (Wildman–Crippen MR) is 105 cm³/mol. The van der Waals surface area contributed by atoms with Gasteiger partial charge in [0.1, 0.15) is 5.69 Å². The van der Waals surface area contributed by atoms with Crippen molar-refractivity contribution in [2.24, 2.45) is 0 Å². The van der Waals surface area contributed by atoms with Crippen molar-refractivity contribution in [3.05, 3.63) is 41.1 Å². The summed E-state index contributed by atoms with van der Waals surface area (Å²) in [5.41, 5.74) is 3.25. The molecule has 1 heterocycles. The summed E-state index contributed by atoms with van der Waals surface area (Å²) in [7, 11) is 0. The van der Waals surface area contributed by atoms with Gasteiger partial charge in [0, 0.05) is 23.6 Å². The van der Waals surface area contributed by atoms with Crippen molar-refractivity contribution >= 4 is 5.78 Å². The second-order valence-corrected chi connectivity index (χ2v) is 8.35. The van der Waals surface area contributed by atoms with Crippen LogP contribution in [0.2, 0.25) is 0 Å². The maximum Gasteiger partial charge on any atom is 0.181 e. The number of aliphatic hydroxyl groups is 1. The van der Waals surface area contributed by atoms with E-state index in [9.17, 15) is 9.90 Å². The fraction of sp³-hybridized carbons (Fsp3) is 0.500. The number of hydrogen-bond acceptors (Lipinski definition) is 4. The summed E-state index contributed by atoms with van der Waals surface area (Å²) < 4.78 is 1.84. The summed E-state index contributed by atoms with van der Waals surface area (Å²) in [5, 5.41) is 23.9. The Bertz CT molecular complexity index is 876. The molecule has 142 valence electrons. The van der Waals surface area contributed by atoms with Crippen LogP contribution in [0.15, 0.2) is 24.3 Å². The Labute approximate surface area is 160 Å². The Morgan fingerprint density at radius 2 is 1.96 bits per heavy atom. The van der Waals surface area contributed by atoms with Crippen LogP contribution in [-0.2, 0) is 0 Å². The molecule has 1 aliphatic rings. The molecule has 1 aromatic heterocycles. The summed E-state index contributed by atoms with van der Waals surface area (Å²) in [6.07, 6.45) is 2.86. The van der Waals surface area contributed by atoms with E-state index in [2.05, 4.69) is 6.07 Å². The van der Waals surface area contributed by atoms with Gasteiger partial charge in [-0.15, -0.1) is 0 Å². The van der Waals surface area contributed by atoms with E-state index in [0.717, 1.165) is 29.7 Å². The van der Waals surface area contributed by atoms with E-state index in [1.165, 1.54) is 0 Å². The van der Waals surface area contributed by atoms with Crippen molar-refractivity contribution < 1.29 is 9.90 Å². The van der Waals surface area contributed by atoms with Gasteiger partial charge in [-0.25, -0.2) is 0 Å². The quantitative estimate of drug-likeness (QED) is 0.727. The van der Waals surface area contributed by atoms with Crippen molar-refractivity contribution in [3.63, 3.8) is 0 Å². The van der Waals surface area contributed by atoms with E-state index < -0.39 is 5.60 Å². The van der Waals surface area contributed by atoms with E-state index in [-0.39, 0.29) is 11.8 Å². The molecule has 1 N–H and O–H groups in total. The second-order valence-electron chi connectivity index (χ2n) is 8.35. The third kappa shape index (κ3) is 4.28. The fourth-order valence-corrected chi connectivity index (χ4v) is 3.31. The smallest absolute Gasteiger partial charge is 0.181 e. The maximum absolute atomic E-state index is 13.1. The largest absolute Gasteiger partial charge is 0.390 e. The van der Waals surface area contributed by atoms with Gasteiger partial charge in [-0.2, -0.15) is 10.4 Å². The molecule has 0 atom stereocenters. The molecule has 1 aromatic carbocycles. The van der Waals surface area contributed by atoms with Crippen LogP contribution in [-0.4, -0.2) is 26.3 Å².